The van der Waals surface area contributed by atoms with Crippen molar-refractivity contribution in [1.29, 1.82) is 0 Å². The lowest BCUT2D eigenvalue weighted by Gasteiger charge is -2.20. The predicted molar refractivity (Wildman–Crippen MR) is 82.9 cm³/mol. The van der Waals surface area contributed by atoms with E-state index in [0.29, 0.717) is 18.7 Å². The number of rotatable bonds is 5. The van der Waals surface area contributed by atoms with E-state index < -0.39 is 6.61 Å². The number of hydrogen-bond donors (Lipinski definition) is 0. The van der Waals surface area contributed by atoms with Crippen LogP contribution in [0.15, 0.2) is 41.8 Å². The molecule has 122 valence electrons. The molecule has 2 aromatic rings. The molecule has 5 nitrogen and oxygen atoms in total. The fraction of sp³-hybridized carbons (Fsp3) is 0.333. The fourth-order valence-corrected chi connectivity index (χ4v) is 3.53. The predicted octanol–water partition coefficient (Wildman–Crippen LogP) is 2.92. The Labute approximate surface area is 136 Å². The third-order valence-electron chi connectivity index (χ3n) is 3.55. The Morgan fingerprint density at radius 1 is 1.39 bits per heavy atom. The van der Waals surface area contributed by atoms with Crippen LogP contribution in [-0.2, 0) is 11.8 Å². The second kappa shape index (κ2) is 6.57. The number of carbonyl (C=O) groups excluding carboxylic acids is 1. The molecule has 1 aromatic carbocycles. The standard InChI is InChI=1S/C15H15F2N3O2S/c1-19-9-7-18-15(19)23-12-6-8-20(13(12)21)10-4-2-3-5-11(10)22-14(16)17/h2-5,7,9,12,14H,6,8H2,1H3/t12-/m0/s1. The molecule has 1 aliphatic heterocycles. The molecule has 2 heterocycles. The summed E-state index contributed by atoms with van der Waals surface area (Å²) in [5, 5.41) is 0.470. The van der Waals surface area contributed by atoms with Gasteiger partial charge in [0, 0.05) is 26.0 Å². The van der Waals surface area contributed by atoms with Crippen LogP contribution in [0.25, 0.3) is 0 Å². The van der Waals surface area contributed by atoms with Gasteiger partial charge in [0.25, 0.3) is 0 Å². The Kier molecular flexibility index (Phi) is 4.51. The first-order chi connectivity index (χ1) is 11.1. The van der Waals surface area contributed by atoms with Gasteiger partial charge in [-0.15, -0.1) is 0 Å². The lowest BCUT2D eigenvalue weighted by Crippen LogP contribution is -2.28. The highest BCUT2D eigenvalue weighted by Crippen LogP contribution is 2.36. The van der Waals surface area contributed by atoms with Crippen molar-refractivity contribution in [3.8, 4) is 5.75 Å². The van der Waals surface area contributed by atoms with E-state index in [4.69, 9.17) is 0 Å². The quantitative estimate of drug-likeness (QED) is 0.840. The van der Waals surface area contributed by atoms with Gasteiger partial charge in [0.05, 0.1) is 10.9 Å². The zero-order chi connectivity index (χ0) is 16.4. The van der Waals surface area contributed by atoms with Crippen LogP contribution in [0.3, 0.4) is 0 Å². The lowest BCUT2D eigenvalue weighted by molar-refractivity contribution is -0.116. The van der Waals surface area contributed by atoms with Gasteiger partial charge in [0.15, 0.2) is 5.16 Å². The van der Waals surface area contributed by atoms with Gasteiger partial charge in [-0.3, -0.25) is 4.79 Å². The third kappa shape index (κ3) is 3.31. The molecule has 1 atom stereocenters. The topological polar surface area (TPSA) is 47.4 Å². The number of para-hydroxylation sites is 2. The number of thioether (sulfide) groups is 1. The summed E-state index contributed by atoms with van der Waals surface area (Å²) in [7, 11) is 1.86. The number of benzene rings is 1. The minimum atomic E-state index is -2.92. The van der Waals surface area contributed by atoms with Crippen molar-refractivity contribution in [2.24, 2.45) is 7.05 Å². The van der Waals surface area contributed by atoms with Crippen LogP contribution >= 0.6 is 11.8 Å². The van der Waals surface area contributed by atoms with Crippen LogP contribution in [0.2, 0.25) is 0 Å². The number of aryl methyl sites for hydroxylation is 1. The Bertz CT molecular complexity index is 708. The van der Waals surface area contributed by atoms with Crippen LogP contribution in [0.5, 0.6) is 5.75 Å². The van der Waals surface area contributed by atoms with Crippen molar-refractivity contribution < 1.29 is 18.3 Å². The summed E-state index contributed by atoms with van der Waals surface area (Å²) in [6.07, 6.45) is 4.11. The number of halogens is 2. The molecule has 0 spiro atoms. The van der Waals surface area contributed by atoms with E-state index in [0.717, 1.165) is 5.16 Å². The van der Waals surface area contributed by atoms with E-state index in [-0.39, 0.29) is 16.9 Å². The van der Waals surface area contributed by atoms with Gasteiger partial charge in [-0.2, -0.15) is 8.78 Å². The smallest absolute Gasteiger partial charge is 0.387 e. The molecule has 3 rings (SSSR count). The zero-order valence-corrected chi connectivity index (χ0v) is 13.2. The molecule has 1 fully saturated rings. The van der Waals surface area contributed by atoms with Crippen molar-refractivity contribution in [2.45, 2.75) is 23.4 Å². The molecule has 23 heavy (non-hydrogen) atoms. The highest BCUT2D eigenvalue weighted by molar-refractivity contribution is 8.00. The zero-order valence-electron chi connectivity index (χ0n) is 12.4. The van der Waals surface area contributed by atoms with Crippen molar-refractivity contribution in [3.05, 3.63) is 36.7 Å². The van der Waals surface area contributed by atoms with E-state index in [1.807, 2.05) is 17.8 Å². The maximum absolute atomic E-state index is 12.6. The van der Waals surface area contributed by atoms with Gasteiger partial charge in [0.2, 0.25) is 5.91 Å². The largest absolute Gasteiger partial charge is 0.433 e. The Hall–Kier alpha value is -2.09. The number of alkyl halides is 2. The van der Waals surface area contributed by atoms with Gasteiger partial charge in [0.1, 0.15) is 5.75 Å². The molecule has 1 aromatic heterocycles. The molecular weight excluding hydrogens is 324 g/mol. The molecule has 0 unspecified atom stereocenters. The summed E-state index contributed by atoms with van der Waals surface area (Å²) in [6, 6.07) is 6.35. The number of carbonyl (C=O) groups is 1. The summed E-state index contributed by atoms with van der Waals surface area (Å²) >= 11 is 1.38. The second-order valence-electron chi connectivity index (χ2n) is 5.05. The molecule has 1 amide bonds. The van der Waals surface area contributed by atoms with E-state index in [1.165, 1.54) is 22.7 Å². The van der Waals surface area contributed by atoms with Gasteiger partial charge < -0.3 is 14.2 Å². The highest BCUT2D eigenvalue weighted by atomic mass is 32.2. The maximum Gasteiger partial charge on any atom is 0.387 e. The monoisotopic (exact) mass is 339 g/mol. The average Bonchev–Trinajstić information content (AvgIpc) is 3.07. The van der Waals surface area contributed by atoms with Crippen LogP contribution in [0.1, 0.15) is 6.42 Å². The van der Waals surface area contributed by atoms with Gasteiger partial charge in [-0.1, -0.05) is 23.9 Å². The number of nitrogens with zero attached hydrogens (tertiary/aromatic N) is 3. The third-order valence-corrected chi connectivity index (χ3v) is 4.88. The molecule has 1 aliphatic rings. The fourth-order valence-electron chi connectivity index (χ4n) is 2.47. The van der Waals surface area contributed by atoms with Crippen molar-refractivity contribution in [1.82, 2.24) is 9.55 Å². The first-order valence-electron chi connectivity index (χ1n) is 7.05. The van der Waals surface area contributed by atoms with Crippen molar-refractivity contribution in [3.63, 3.8) is 0 Å². The Morgan fingerprint density at radius 3 is 2.87 bits per heavy atom. The Morgan fingerprint density at radius 2 is 2.17 bits per heavy atom. The number of hydrogen-bond acceptors (Lipinski definition) is 4. The van der Waals surface area contributed by atoms with E-state index >= 15 is 0 Å². The number of amides is 1. The summed E-state index contributed by atoms with van der Waals surface area (Å²) in [4.78, 5) is 18.3. The molecule has 0 N–H and O–H groups in total. The minimum absolute atomic E-state index is 0.0125. The van der Waals surface area contributed by atoms with Crippen LogP contribution < -0.4 is 9.64 Å². The molecule has 8 heteroatoms. The van der Waals surface area contributed by atoms with E-state index in [1.54, 1.807) is 24.4 Å². The summed E-state index contributed by atoms with van der Waals surface area (Å²) in [6.45, 7) is -2.46. The molecule has 0 saturated carbocycles. The van der Waals surface area contributed by atoms with Crippen molar-refractivity contribution in [2.75, 3.05) is 11.4 Å². The van der Waals surface area contributed by atoms with Crippen molar-refractivity contribution >= 4 is 23.4 Å². The van der Waals surface area contributed by atoms with Gasteiger partial charge >= 0.3 is 6.61 Å². The van der Waals surface area contributed by atoms with E-state index in [2.05, 4.69) is 9.72 Å². The van der Waals surface area contributed by atoms with Gasteiger partial charge in [-0.05, 0) is 18.6 Å². The number of imidazole rings is 1. The molecule has 1 saturated heterocycles. The average molecular weight is 339 g/mol. The van der Waals surface area contributed by atoms with Gasteiger partial charge in [-0.25, -0.2) is 4.98 Å². The Balaban J connectivity index is 1.78. The first-order valence-corrected chi connectivity index (χ1v) is 7.93. The number of aromatic nitrogens is 2. The molecule has 0 aliphatic carbocycles. The summed E-state index contributed by atoms with van der Waals surface area (Å²) in [5.74, 6) is -0.109. The highest BCUT2D eigenvalue weighted by Gasteiger charge is 2.35. The lowest BCUT2D eigenvalue weighted by atomic mass is 10.2. The molecule has 0 bridgehead atoms. The summed E-state index contributed by atoms with van der Waals surface area (Å²) in [5.41, 5.74) is 0.376. The van der Waals surface area contributed by atoms with E-state index in [9.17, 15) is 13.6 Å². The number of anilines is 1. The SMILES string of the molecule is Cn1ccnc1S[C@H]1CCN(c2ccccc2OC(F)F)C1=O. The summed E-state index contributed by atoms with van der Waals surface area (Å²) < 4.78 is 31.4. The number of ether oxygens (including phenoxy) is 1. The first kappa shape index (κ1) is 15.8. The minimum Gasteiger partial charge on any atom is -0.433 e. The second-order valence-corrected chi connectivity index (χ2v) is 6.22. The van der Waals surface area contributed by atoms with Crippen LogP contribution in [0.4, 0.5) is 14.5 Å². The normalized spacial score (nSPS) is 18.0. The van der Waals surface area contributed by atoms with Crippen LogP contribution in [-0.4, -0.2) is 33.9 Å². The maximum atomic E-state index is 12.6. The molecular formula is C15H15F2N3O2S. The van der Waals surface area contributed by atoms with Crippen LogP contribution in [0, 0.1) is 0 Å². The molecule has 0 radical (unpaired) electrons.